The van der Waals surface area contributed by atoms with E-state index in [9.17, 15) is 9.90 Å². The summed E-state index contributed by atoms with van der Waals surface area (Å²) in [7, 11) is 0. The molecule has 3 atom stereocenters. The van der Waals surface area contributed by atoms with Crippen molar-refractivity contribution in [2.75, 3.05) is 0 Å². The molecule has 3 heteroatoms. The third-order valence-corrected chi connectivity index (χ3v) is 3.19. The highest BCUT2D eigenvalue weighted by Crippen LogP contribution is 2.37. The van der Waals surface area contributed by atoms with E-state index in [0.717, 1.165) is 18.4 Å². The smallest absolute Gasteiger partial charge is 0.333 e. The summed E-state index contributed by atoms with van der Waals surface area (Å²) in [5.41, 5.74) is 0.880. The van der Waals surface area contributed by atoms with E-state index in [2.05, 4.69) is 6.92 Å². The van der Waals surface area contributed by atoms with Crippen molar-refractivity contribution in [2.45, 2.75) is 52.7 Å². The number of carbonyl (C=O) groups is 1. The Kier molecular flexibility index (Phi) is 4.14. The number of carbonyl (C=O) groups excluding carboxylic acids is 1. The SMILES string of the molecule is CC(C)=CC(=O)OC1(O)CC(C)CCC1C. The Morgan fingerprint density at radius 2 is 2.00 bits per heavy atom. The van der Waals surface area contributed by atoms with Crippen LogP contribution < -0.4 is 0 Å². The number of rotatable bonds is 2. The van der Waals surface area contributed by atoms with E-state index in [4.69, 9.17) is 4.74 Å². The van der Waals surface area contributed by atoms with Crippen molar-refractivity contribution in [3.63, 3.8) is 0 Å². The van der Waals surface area contributed by atoms with Gasteiger partial charge in [0.15, 0.2) is 0 Å². The fourth-order valence-electron chi connectivity index (χ4n) is 2.14. The summed E-state index contributed by atoms with van der Waals surface area (Å²) in [5.74, 6) is -1.30. The van der Waals surface area contributed by atoms with Gasteiger partial charge >= 0.3 is 5.97 Å². The molecule has 1 rings (SSSR count). The fourth-order valence-corrected chi connectivity index (χ4v) is 2.14. The molecule has 1 fully saturated rings. The lowest BCUT2D eigenvalue weighted by Crippen LogP contribution is -2.45. The van der Waals surface area contributed by atoms with E-state index >= 15 is 0 Å². The molecule has 0 bridgehead atoms. The molecule has 1 aliphatic carbocycles. The van der Waals surface area contributed by atoms with Gasteiger partial charge in [-0.25, -0.2) is 4.79 Å². The van der Waals surface area contributed by atoms with Gasteiger partial charge in [-0.1, -0.05) is 19.4 Å². The number of esters is 1. The lowest BCUT2D eigenvalue weighted by atomic mass is 9.79. The van der Waals surface area contributed by atoms with E-state index in [1.165, 1.54) is 6.08 Å². The largest absolute Gasteiger partial charge is 0.430 e. The Bertz CT molecular complexity index is 292. The van der Waals surface area contributed by atoms with Gasteiger partial charge < -0.3 is 9.84 Å². The van der Waals surface area contributed by atoms with Gasteiger partial charge in [0.2, 0.25) is 5.79 Å². The van der Waals surface area contributed by atoms with Gasteiger partial charge in [0, 0.05) is 18.4 Å². The molecule has 92 valence electrons. The molecule has 0 spiro atoms. The van der Waals surface area contributed by atoms with E-state index in [-0.39, 0.29) is 5.92 Å². The molecule has 0 saturated heterocycles. The van der Waals surface area contributed by atoms with Crippen LogP contribution in [0.3, 0.4) is 0 Å². The van der Waals surface area contributed by atoms with Crippen LogP contribution in [0.5, 0.6) is 0 Å². The highest BCUT2D eigenvalue weighted by atomic mass is 16.7. The number of hydrogen-bond acceptors (Lipinski definition) is 3. The molecule has 3 nitrogen and oxygen atoms in total. The Morgan fingerprint density at radius 3 is 2.56 bits per heavy atom. The number of allylic oxidation sites excluding steroid dienone is 1. The Labute approximate surface area is 97.5 Å². The van der Waals surface area contributed by atoms with E-state index in [1.54, 1.807) is 0 Å². The average Bonchev–Trinajstić information content (AvgIpc) is 2.10. The summed E-state index contributed by atoms with van der Waals surface area (Å²) in [6, 6.07) is 0. The Morgan fingerprint density at radius 1 is 1.38 bits per heavy atom. The minimum Gasteiger partial charge on any atom is -0.430 e. The average molecular weight is 226 g/mol. The van der Waals surface area contributed by atoms with Crippen LogP contribution in [-0.2, 0) is 9.53 Å². The first kappa shape index (κ1) is 13.2. The topological polar surface area (TPSA) is 46.5 Å². The molecule has 1 aliphatic rings. The third kappa shape index (κ3) is 3.34. The van der Waals surface area contributed by atoms with E-state index in [1.807, 2.05) is 20.8 Å². The lowest BCUT2D eigenvalue weighted by Gasteiger charge is -2.39. The zero-order valence-electron chi connectivity index (χ0n) is 10.6. The van der Waals surface area contributed by atoms with Crippen LogP contribution in [0.15, 0.2) is 11.6 Å². The normalized spacial score (nSPS) is 34.3. The van der Waals surface area contributed by atoms with Gasteiger partial charge in [-0.15, -0.1) is 0 Å². The van der Waals surface area contributed by atoms with Gasteiger partial charge in [0.05, 0.1) is 0 Å². The molecular weight excluding hydrogens is 204 g/mol. The molecule has 0 aliphatic heterocycles. The zero-order valence-corrected chi connectivity index (χ0v) is 10.6. The first-order chi connectivity index (χ1) is 7.33. The summed E-state index contributed by atoms with van der Waals surface area (Å²) < 4.78 is 5.21. The van der Waals surface area contributed by atoms with Crippen molar-refractivity contribution in [1.82, 2.24) is 0 Å². The summed E-state index contributed by atoms with van der Waals surface area (Å²) >= 11 is 0. The second kappa shape index (κ2) is 5.00. The van der Waals surface area contributed by atoms with Crippen LogP contribution in [0, 0.1) is 11.8 Å². The van der Waals surface area contributed by atoms with Gasteiger partial charge in [-0.2, -0.15) is 0 Å². The summed E-state index contributed by atoms with van der Waals surface area (Å²) in [6.07, 6.45) is 3.95. The molecule has 0 radical (unpaired) electrons. The predicted octanol–water partition coefficient (Wildman–Crippen LogP) is 2.64. The molecular formula is C13H22O3. The van der Waals surface area contributed by atoms with Crippen molar-refractivity contribution in [1.29, 1.82) is 0 Å². The van der Waals surface area contributed by atoms with Crippen LogP contribution in [0.4, 0.5) is 0 Å². The Hall–Kier alpha value is -0.830. The molecule has 0 aromatic heterocycles. The van der Waals surface area contributed by atoms with E-state index < -0.39 is 11.8 Å². The Balaban J connectivity index is 2.69. The van der Waals surface area contributed by atoms with Crippen LogP contribution in [0.2, 0.25) is 0 Å². The summed E-state index contributed by atoms with van der Waals surface area (Å²) in [5, 5.41) is 10.3. The minimum absolute atomic E-state index is 0.0122. The van der Waals surface area contributed by atoms with Gasteiger partial charge in [-0.3, -0.25) is 0 Å². The van der Waals surface area contributed by atoms with E-state index in [0.29, 0.717) is 12.3 Å². The maximum Gasteiger partial charge on any atom is 0.333 e. The van der Waals surface area contributed by atoms with Crippen LogP contribution in [0.25, 0.3) is 0 Å². The summed E-state index contributed by atoms with van der Waals surface area (Å²) in [4.78, 5) is 11.5. The van der Waals surface area contributed by atoms with Crippen molar-refractivity contribution in [3.05, 3.63) is 11.6 Å². The molecule has 0 amide bonds. The van der Waals surface area contributed by atoms with Gasteiger partial charge in [0.25, 0.3) is 0 Å². The standard InChI is InChI=1S/C13H22O3/c1-9(2)7-12(14)16-13(15)8-10(3)5-6-11(13)4/h7,10-11,15H,5-6,8H2,1-4H3. The van der Waals surface area contributed by atoms with Crippen LogP contribution in [-0.4, -0.2) is 16.9 Å². The molecule has 1 N–H and O–H groups in total. The van der Waals surface area contributed by atoms with Crippen molar-refractivity contribution in [2.24, 2.45) is 11.8 Å². The maximum absolute atomic E-state index is 11.5. The third-order valence-electron chi connectivity index (χ3n) is 3.19. The molecule has 0 aromatic carbocycles. The minimum atomic E-state index is -1.28. The first-order valence-corrected chi connectivity index (χ1v) is 5.94. The molecule has 0 aromatic rings. The molecule has 3 unspecified atom stereocenters. The first-order valence-electron chi connectivity index (χ1n) is 5.94. The predicted molar refractivity (Wildman–Crippen MR) is 62.7 cm³/mol. The zero-order chi connectivity index (χ0) is 12.3. The van der Waals surface area contributed by atoms with Crippen molar-refractivity contribution in [3.8, 4) is 0 Å². The highest BCUT2D eigenvalue weighted by molar-refractivity contribution is 5.82. The van der Waals surface area contributed by atoms with Gasteiger partial charge in [-0.05, 0) is 32.6 Å². The second-order valence-corrected chi connectivity index (χ2v) is 5.28. The van der Waals surface area contributed by atoms with Crippen LogP contribution >= 0.6 is 0 Å². The number of aliphatic hydroxyl groups is 1. The lowest BCUT2D eigenvalue weighted by molar-refractivity contribution is -0.242. The van der Waals surface area contributed by atoms with Gasteiger partial charge in [0.1, 0.15) is 0 Å². The molecule has 1 saturated carbocycles. The monoisotopic (exact) mass is 226 g/mol. The molecule has 0 heterocycles. The quantitative estimate of drug-likeness (QED) is 0.447. The highest BCUT2D eigenvalue weighted by Gasteiger charge is 2.42. The fraction of sp³-hybridized carbons (Fsp3) is 0.769. The molecule has 16 heavy (non-hydrogen) atoms. The van der Waals surface area contributed by atoms with Crippen molar-refractivity contribution < 1.29 is 14.6 Å². The maximum atomic E-state index is 11.5. The second-order valence-electron chi connectivity index (χ2n) is 5.28. The van der Waals surface area contributed by atoms with Crippen molar-refractivity contribution >= 4 is 5.97 Å². The number of ether oxygens (including phenoxy) is 1. The summed E-state index contributed by atoms with van der Waals surface area (Å²) in [6.45, 7) is 7.67. The van der Waals surface area contributed by atoms with Crippen LogP contribution in [0.1, 0.15) is 47.0 Å². The number of hydrogen-bond donors (Lipinski definition) is 1.